The molecule has 2 heterocycles. The van der Waals surface area contributed by atoms with E-state index in [1.54, 1.807) is 6.20 Å². The number of hydrogen-bond donors (Lipinski definition) is 1. The van der Waals surface area contributed by atoms with Gasteiger partial charge in [0.25, 0.3) is 0 Å². The molecule has 1 aliphatic heterocycles. The van der Waals surface area contributed by atoms with Gasteiger partial charge in [-0.15, -0.1) is 0 Å². The molecule has 124 valence electrons. The van der Waals surface area contributed by atoms with Crippen LogP contribution < -0.4 is 0 Å². The van der Waals surface area contributed by atoms with Crippen LogP contribution in [0.3, 0.4) is 0 Å². The number of likely N-dealkylation sites (tertiary alicyclic amines) is 1. The second kappa shape index (κ2) is 6.76. The number of aliphatic hydroxyl groups is 1. The molecule has 1 N–H and O–H groups in total. The zero-order chi connectivity index (χ0) is 16.4. The van der Waals surface area contributed by atoms with E-state index in [-0.39, 0.29) is 11.8 Å². The molecule has 2 aromatic rings. The van der Waals surface area contributed by atoms with Gasteiger partial charge in [-0.1, -0.05) is 0 Å². The molecular weight excluding hydrogens is 300 g/mol. The van der Waals surface area contributed by atoms with E-state index in [2.05, 4.69) is 10.00 Å². The highest BCUT2D eigenvalue weighted by Gasteiger charge is 2.23. The molecule has 4 nitrogen and oxygen atoms in total. The highest BCUT2D eigenvalue weighted by atomic mass is 19.1. The van der Waals surface area contributed by atoms with Crippen molar-refractivity contribution in [1.29, 1.82) is 0 Å². The number of aliphatic hydroxyl groups excluding tert-OH is 1. The topological polar surface area (TPSA) is 41.3 Å². The molecule has 0 spiro atoms. The highest BCUT2D eigenvalue weighted by molar-refractivity contribution is 5.33. The zero-order valence-corrected chi connectivity index (χ0v) is 13.1. The molecule has 23 heavy (non-hydrogen) atoms. The fourth-order valence-electron chi connectivity index (χ4n) is 3.07. The smallest absolute Gasteiger partial charge is 0.151 e. The standard InChI is InChI=1S/C17H21F2N3O/c1-12(23)13-4-7-21(8-5-13)11-15-6-9-22(20-15)17-3-2-14(18)10-16(17)19/h2-3,6,9-10,12-13,23H,4-5,7-8,11H2,1H3/t12-/m0/s1. The van der Waals surface area contributed by atoms with Crippen molar-refractivity contribution in [3.05, 3.63) is 47.8 Å². The molecule has 1 saturated heterocycles. The van der Waals surface area contributed by atoms with Gasteiger partial charge in [-0.3, -0.25) is 4.90 Å². The third-order valence-corrected chi connectivity index (χ3v) is 4.50. The van der Waals surface area contributed by atoms with Crippen LogP contribution in [0.15, 0.2) is 30.5 Å². The Morgan fingerprint density at radius 1 is 1.26 bits per heavy atom. The average molecular weight is 321 g/mol. The number of rotatable bonds is 4. The first-order valence-electron chi connectivity index (χ1n) is 7.93. The van der Waals surface area contributed by atoms with Gasteiger partial charge in [-0.25, -0.2) is 13.5 Å². The van der Waals surface area contributed by atoms with Gasteiger partial charge in [0.1, 0.15) is 11.5 Å². The van der Waals surface area contributed by atoms with Crippen molar-refractivity contribution in [2.45, 2.75) is 32.4 Å². The van der Waals surface area contributed by atoms with Crippen molar-refractivity contribution in [1.82, 2.24) is 14.7 Å². The summed E-state index contributed by atoms with van der Waals surface area (Å²) in [6.07, 6.45) is 3.39. The van der Waals surface area contributed by atoms with E-state index in [1.807, 2.05) is 13.0 Å². The Kier molecular flexibility index (Phi) is 4.73. The summed E-state index contributed by atoms with van der Waals surface area (Å²) in [5.74, 6) is -0.853. The number of aromatic nitrogens is 2. The van der Waals surface area contributed by atoms with E-state index in [0.717, 1.165) is 37.7 Å². The maximum Gasteiger partial charge on any atom is 0.151 e. The Hall–Kier alpha value is -1.79. The second-order valence-electron chi connectivity index (χ2n) is 6.20. The molecule has 0 amide bonds. The van der Waals surface area contributed by atoms with Crippen LogP contribution in [0.5, 0.6) is 0 Å². The molecule has 0 radical (unpaired) electrons. The lowest BCUT2D eigenvalue weighted by atomic mass is 9.92. The lowest BCUT2D eigenvalue weighted by Gasteiger charge is -2.32. The van der Waals surface area contributed by atoms with Crippen LogP contribution >= 0.6 is 0 Å². The minimum Gasteiger partial charge on any atom is -0.393 e. The van der Waals surface area contributed by atoms with Crippen LogP contribution in [0.4, 0.5) is 8.78 Å². The van der Waals surface area contributed by atoms with Gasteiger partial charge < -0.3 is 5.11 Å². The predicted octanol–water partition coefficient (Wildman–Crippen LogP) is 2.74. The van der Waals surface area contributed by atoms with Gasteiger partial charge in [0, 0.05) is 18.8 Å². The Balaban J connectivity index is 1.64. The van der Waals surface area contributed by atoms with Crippen LogP contribution in [0.25, 0.3) is 5.69 Å². The summed E-state index contributed by atoms with van der Waals surface area (Å²) in [4.78, 5) is 2.28. The molecule has 0 aliphatic carbocycles. The minimum atomic E-state index is -0.627. The summed E-state index contributed by atoms with van der Waals surface area (Å²) in [7, 11) is 0. The molecule has 0 bridgehead atoms. The number of hydrogen-bond acceptors (Lipinski definition) is 3. The first kappa shape index (κ1) is 16.1. The fraction of sp³-hybridized carbons (Fsp3) is 0.471. The monoisotopic (exact) mass is 321 g/mol. The van der Waals surface area contributed by atoms with Crippen molar-refractivity contribution in [3.63, 3.8) is 0 Å². The van der Waals surface area contributed by atoms with E-state index < -0.39 is 11.6 Å². The van der Waals surface area contributed by atoms with Crippen molar-refractivity contribution < 1.29 is 13.9 Å². The SMILES string of the molecule is C[C@H](O)C1CCN(Cc2ccn(-c3ccc(F)cc3F)n2)CC1. The van der Waals surface area contributed by atoms with Crippen LogP contribution in [0, 0.1) is 17.6 Å². The Labute approximate surface area is 134 Å². The highest BCUT2D eigenvalue weighted by Crippen LogP contribution is 2.22. The maximum absolute atomic E-state index is 13.8. The predicted molar refractivity (Wildman–Crippen MR) is 83.2 cm³/mol. The Morgan fingerprint density at radius 3 is 2.65 bits per heavy atom. The molecule has 1 aromatic heterocycles. The Morgan fingerprint density at radius 2 is 2.00 bits per heavy atom. The summed E-state index contributed by atoms with van der Waals surface area (Å²) in [6, 6.07) is 5.32. The van der Waals surface area contributed by atoms with Gasteiger partial charge >= 0.3 is 0 Å². The second-order valence-corrected chi connectivity index (χ2v) is 6.20. The van der Waals surface area contributed by atoms with Crippen LogP contribution in [0.2, 0.25) is 0 Å². The molecule has 0 unspecified atom stereocenters. The molecule has 6 heteroatoms. The van der Waals surface area contributed by atoms with Gasteiger partial charge in [0.15, 0.2) is 5.82 Å². The third kappa shape index (κ3) is 3.76. The normalized spacial score (nSPS) is 18.3. The third-order valence-electron chi connectivity index (χ3n) is 4.50. The average Bonchev–Trinajstić information content (AvgIpc) is 2.96. The van der Waals surface area contributed by atoms with E-state index >= 15 is 0 Å². The first-order chi connectivity index (χ1) is 11.0. The summed E-state index contributed by atoms with van der Waals surface area (Å²) in [5, 5.41) is 14.0. The van der Waals surface area contributed by atoms with E-state index in [9.17, 15) is 13.9 Å². The molecular formula is C17H21F2N3O. The van der Waals surface area contributed by atoms with E-state index in [1.165, 1.54) is 16.8 Å². The van der Waals surface area contributed by atoms with Crippen molar-refractivity contribution in [3.8, 4) is 5.69 Å². The quantitative estimate of drug-likeness (QED) is 0.941. The molecule has 1 fully saturated rings. The molecule has 0 saturated carbocycles. The lowest BCUT2D eigenvalue weighted by molar-refractivity contribution is 0.0691. The number of nitrogens with zero attached hydrogens (tertiary/aromatic N) is 3. The minimum absolute atomic E-state index is 0.241. The van der Waals surface area contributed by atoms with Gasteiger partial charge in [0.2, 0.25) is 0 Å². The summed E-state index contributed by atoms with van der Waals surface area (Å²) >= 11 is 0. The van der Waals surface area contributed by atoms with Crippen LogP contribution in [-0.4, -0.2) is 39.0 Å². The van der Waals surface area contributed by atoms with Crippen molar-refractivity contribution >= 4 is 0 Å². The first-order valence-corrected chi connectivity index (χ1v) is 7.93. The van der Waals surface area contributed by atoms with Crippen LogP contribution in [0.1, 0.15) is 25.5 Å². The maximum atomic E-state index is 13.8. The summed E-state index contributed by atoms with van der Waals surface area (Å²) < 4.78 is 28.2. The van der Waals surface area contributed by atoms with E-state index in [0.29, 0.717) is 12.5 Å². The van der Waals surface area contributed by atoms with Gasteiger partial charge in [0.05, 0.1) is 11.8 Å². The summed E-state index contributed by atoms with van der Waals surface area (Å²) in [5.41, 5.74) is 1.09. The molecule has 1 aromatic carbocycles. The fourth-order valence-corrected chi connectivity index (χ4v) is 3.07. The van der Waals surface area contributed by atoms with Crippen molar-refractivity contribution in [2.24, 2.45) is 5.92 Å². The molecule has 1 aliphatic rings. The van der Waals surface area contributed by atoms with Gasteiger partial charge in [-0.2, -0.15) is 5.10 Å². The lowest BCUT2D eigenvalue weighted by Crippen LogP contribution is -2.36. The largest absolute Gasteiger partial charge is 0.393 e. The van der Waals surface area contributed by atoms with Crippen LogP contribution in [-0.2, 0) is 6.54 Å². The van der Waals surface area contributed by atoms with Crippen molar-refractivity contribution in [2.75, 3.05) is 13.1 Å². The number of piperidine rings is 1. The zero-order valence-electron chi connectivity index (χ0n) is 13.1. The summed E-state index contributed by atoms with van der Waals surface area (Å²) in [6.45, 7) is 4.39. The molecule has 3 rings (SSSR count). The number of benzene rings is 1. The molecule has 1 atom stereocenters. The number of halogens is 2. The van der Waals surface area contributed by atoms with E-state index in [4.69, 9.17) is 0 Å². The Bertz CT molecular complexity index is 664. The van der Waals surface area contributed by atoms with Gasteiger partial charge in [-0.05, 0) is 57.0 Å².